The van der Waals surface area contributed by atoms with Crippen molar-refractivity contribution in [1.82, 2.24) is 10.2 Å². The molecule has 1 unspecified atom stereocenters. The zero-order valence-electron chi connectivity index (χ0n) is 10.0. The lowest BCUT2D eigenvalue weighted by atomic mass is 9.90. The lowest BCUT2D eigenvalue weighted by Crippen LogP contribution is -2.50. The molecule has 1 aliphatic carbocycles. The van der Waals surface area contributed by atoms with Crippen LogP contribution in [0.25, 0.3) is 0 Å². The summed E-state index contributed by atoms with van der Waals surface area (Å²) >= 11 is 0. The summed E-state index contributed by atoms with van der Waals surface area (Å²) < 4.78 is 26.1. The van der Waals surface area contributed by atoms with E-state index in [1.165, 1.54) is 12.8 Å². The molecule has 0 amide bonds. The quantitative estimate of drug-likeness (QED) is 0.785. The van der Waals surface area contributed by atoms with Crippen molar-refractivity contribution >= 4 is 0 Å². The fourth-order valence-electron chi connectivity index (χ4n) is 2.91. The normalized spacial score (nSPS) is 31.9. The standard InChI is InChI=1S/C12H22F2N2/c1-16(11-3-2-8-15-9-11)10-4-6-12(13,14)7-5-10/h10-11,15H,2-9H2,1H3. The summed E-state index contributed by atoms with van der Waals surface area (Å²) in [5.41, 5.74) is 0. The van der Waals surface area contributed by atoms with Crippen LogP contribution in [-0.4, -0.2) is 43.0 Å². The van der Waals surface area contributed by atoms with E-state index in [1.54, 1.807) is 0 Å². The Bertz CT molecular complexity index is 217. The van der Waals surface area contributed by atoms with E-state index in [4.69, 9.17) is 0 Å². The molecule has 2 nitrogen and oxygen atoms in total. The number of halogens is 2. The van der Waals surface area contributed by atoms with Crippen molar-refractivity contribution in [2.45, 2.75) is 56.5 Å². The highest BCUT2D eigenvalue weighted by atomic mass is 19.3. The Balaban J connectivity index is 1.83. The van der Waals surface area contributed by atoms with Crippen molar-refractivity contribution < 1.29 is 8.78 Å². The molecule has 1 saturated heterocycles. The summed E-state index contributed by atoms with van der Waals surface area (Å²) in [6, 6.07) is 0.912. The molecule has 1 aliphatic heterocycles. The second-order valence-corrected chi connectivity index (χ2v) is 5.25. The van der Waals surface area contributed by atoms with Crippen molar-refractivity contribution in [3.8, 4) is 0 Å². The largest absolute Gasteiger partial charge is 0.315 e. The van der Waals surface area contributed by atoms with Crippen LogP contribution in [0.3, 0.4) is 0 Å². The van der Waals surface area contributed by atoms with Crippen LogP contribution in [0, 0.1) is 0 Å². The van der Waals surface area contributed by atoms with Gasteiger partial charge in [-0.05, 0) is 39.3 Å². The van der Waals surface area contributed by atoms with Gasteiger partial charge in [-0.25, -0.2) is 8.78 Å². The van der Waals surface area contributed by atoms with Gasteiger partial charge in [-0.1, -0.05) is 0 Å². The molecule has 1 saturated carbocycles. The van der Waals surface area contributed by atoms with E-state index in [9.17, 15) is 8.78 Å². The number of hydrogen-bond donors (Lipinski definition) is 1. The van der Waals surface area contributed by atoms with Gasteiger partial charge in [0.2, 0.25) is 5.92 Å². The van der Waals surface area contributed by atoms with Crippen LogP contribution in [0.15, 0.2) is 0 Å². The molecule has 0 aromatic heterocycles. The van der Waals surface area contributed by atoms with Crippen molar-refractivity contribution in [2.24, 2.45) is 0 Å². The fraction of sp³-hybridized carbons (Fsp3) is 1.00. The molecule has 2 rings (SSSR count). The Morgan fingerprint density at radius 1 is 1.12 bits per heavy atom. The molecule has 2 fully saturated rings. The minimum atomic E-state index is -2.40. The molecule has 0 spiro atoms. The Hall–Kier alpha value is -0.220. The summed E-state index contributed by atoms with van der Waals surface area (Å²) in [7, 11) is 2.10. The summed E-state index contributed by atoms with van der Waals surface area (Å²) in [5.74, 6) is -2.40. The number of likely N-dealkylation sites (N-methyl/N-ethyl adjacent to an activating group) is 1. The van der Waals surface area contributed by atoms with Crippen LogP contribution in [0.5, 0.6) is 0 Å². The minimum Gasteiger partial charge on any atom is -0.315 e. The molecule has 0 radical (unpaired) electrons. The van der Waals surface area contributed by atoms with E-state index < -0.39 is 5.92 Å². The Morgan fingerprint density at radius 3 is 2.38 bits per heavy atom. The summed E-state index contributed by atoms with van der Waals surface area (Å²) in [6.07, 6.45) is 3.86. The predicted molar refractivity (Wildman–Crippen MR) is 60.9 cm³/mol. The first-order valence-corrected chi connectivity index (χ1v) is 6.39. The SMILES string of the molecule is CN(C1CCC(F)(F)CC1)C1CCCNC1. The van der Waals surface area contributed by atoms with Gasteiger partial charge in [-0.3, -0.25) is 4.90 Å². The zero-order chi connectivity index (χ0) is 11.6. The van der Waals surface area contributed by atoms with E-state index >= 15 is 0 Å². The molecule has 1 heterocycles. The van der Waals surface area contributed by atoms with Gasteiger partial charge < -0.3 is 5.32 Å². The van der Waals surface area contributed by atoms with Crippen LogP contribution in [0.4, 0.5) is 8.78 Å². The lowest BCUT2D eigenvalue weighted by molar-refractivity contribution is -0.0559. The molecular formula is C12H22F2N2. The highest BCUT2D eigenvalue weighted by Crippen LogP contribution is 2.35. The lowest BCUT2D eigenvalue weighted by Gasteiger charge is -2.40. The second kappa shape index (κ2) is 4.96. The smallest absolute Gasteiger partial charge is 0.248 e. The van der Waals surface area contributed by atoms with E-state index in [0.717, 1.165) is 13.1 Å². The first kappa shape index (κ1) is 12.2. The van der Waals surface area contributed by atoms with Gasteiger partial charge in [0.15, 0.2) is 0 Å². The van der Waals surface area contributed by atoms with E-state index in [0.29, 0.717) is 24.9 Å². The third-order valence-electron chi connectivity index (χ3n) is 4.11. The maximum atomic E-state index is 13.1. The molecule has 0 aromatic rings. The van der Waals surface area contributed by atoms with Gasteiger partial charge in [-0.2, -0.15) is 0 Å². The van der Waals surface area contributed by atoms with Gasteiger partial charge in [0, 0.05) is 31.5 Å². The van der Waals surface area contributed by atoms with Crippen molar-refractivity contribution in [3.05, 3.63) is 0 Å². The highest BCUT2D eigenvalue weighted by molar-refractivity contribution is 4.86. The highest BCUT2D eigenvalue weighted by Gasteiger charge is 2.37. The van der Waals surface area contributed by atoms with Crippen LogP contribution in [0.2, 0.25) is 0 Å². The number of nitrogens with one attached hydrogen (secondary N) is 1. The Labute approximate surface area is 96.4 Å². The number of hydrogen-bond acceptors (Lipinski definition) is 2. The average molecular weight is 232 g/mol. The molecule has 0 bridgehead atoms. The topological polar surface area (TPSA) is 15.3 Å². The second-order valence-electron chi connectivity index (χ2n) is 5.25. The number of piperidine rings is 1. The Morgan fingerprint density at radius 2 is 1.81 bits per heavy atom. The molecule has 1 N–H and O–H groups in total. The molecule has 0 aromatic carbocycles. The van der Waals surface area contributed by atoms with Gasteiger partial charge in [-0.15, -0.1) is 0 Å². The van der Waals surface area contributed by atoms with Crippen molar-refractivity contribution in [3.63, 3.8) is 0 Å². The van der Waals surface area contributed by atoms with Crippen LogP contribution in [0.1, 0.15) is 38.5 Å². The summed E-state index contributed by atoms with van der Waals surface area (Å²) in [5, 5.41) is 3.38. The molecular weight excluding hydrogens is 210 g/mol. The summed E-state index contributed by atoms with van der Waals surface area (Å²) in [4.78, 5) is 2.33. The molecule has 2 aliphatic rings. The molecule has 1 atom stereocenters. The third-order valence-corrected chi connectivity index (χ3v) is 4.11. The van der Waals surface area contributed by atoms with Crippen LogP contribution >= 0.6 is 0 Å². The molecule has 16 heavy (non-hydrogen) atoms. The van der Waals surface area contributed by atoms with E-state index in [2.05, 4.69) is 17.3 Å². The monoisotopic (exact) mass is 232 g/mol. The Kier molecular flexibility index (Phi) is 3.80. The predicted octanol–water partition coefficient (Wildman–Crippen LogP) is 2.25. The van der Waals surface area contributed by atoms with Gasteiger partial charge >= 0.3 is 0 Å². The van der Waals surface area contributed by atoms with Crippen LogP contribution in [-0.2, 0) is 0 Å². The summed E-state index contributed by atoms with van der Waals surface area (Å²) in [6.45, 7) is 2.12. The van der Waals surface area contributed by atoms with Gasteiger partial charge in [0.1, 0.15) is 0 Å². The number of nitrogens with zero attached hydrogens (tertiary/aromatic N) is 1. The number of rotatable bonds is 2. The first-order chi connectivity index (χ1) is 7.58. The van der Waals surface area contributed by atoms with Gasteiger partial charge in [0.25, 0.3) is 0 Å². The van der Waals surface area contributed by atoms with Crippen molar-refractivity contribution in [1.29, 1.82) is 0 Å². The fourth-order valence-corrected chi connectivity index (χ4v) is 2.91. The van der Waals surface area contributed by atoms with Gasteiger partial charge in [0.05, 0.1) is 0 Å². The maximum absolute atomic E-state index is 13.1. The number of alkyl halides is 2. The van der Waals surface area contributed by atoms with Crippen LogP contribution < -0.4 is 5.32 Å². The first-order valence-electron chi connectivity index (χ1n) is 6.39. The minimum absolute atomic E-state index is 0.0716. The van der Waals surface area contributed by atoms with E-state index in [-0.39, 0.29) is 12.8 Å². The third kappa shape index (κ3) is 2.92. The molecule has 4 heteroatoms. The molecule has 94 valence electrons. The average Bonchev–Trinajstić information content (AvgIpc) is 2.29. The van der Waals surface area contributed by atoms with E-state index in [1.807, 2.05) is 0 Å². The maximum Gasteiger partial charge on any atom is 0.248 e. The zero-order valence-corrected chi connectivity index (χ0v) is 10.0. The van der Waals surface area contributed by atoms with Crippen molar-refractivity contribution in [2.75, 3.05) is 20.1 Å².